The maximum absolute atomic E-state index is 13.1. The van der Waals surface area contributed by atoms with E-state index in [0.29, 0.717) is 22.1 Å². The van der Waals surface area contributed by atoms with E-state index in [1.165, 1.54) is 0 Å². The molecular formula is C20H15ClF3N3O5. The summed E-state index contributed by atoms with van der Waals surface area (Å²) in [6.45, 7) is -0.239. The van der Waals surface area contributed by atoms with Gasteiger partial charge in [0.2, 0.25) is 0 Å². The van der Waals surface area contributed by atoms with Crippen molar-refractivity contribution in [2.75, 3.05) is 18.7 Å². The fraction of sp³-hybridized carbons (Fsp3) is 0.250. The molecule has 1 aliphatic carbocycles. The summed E-state index contributed by atoms with van der Waals surface area (Å²) < 4.78 is 51.4. The van der Waals surface area contributed by atoms with E-state index < -0.39 is 24.2 Å². The van der Waals surface area contributed by atoms with Crippen LogP contribution in [0.1, 0.15) is 11.1 Å². The van der Waals surface area contributed by atoms with Crippen LogP contribution < -0.4 is 9.64 Å². The quantitative estimate of drug-likeness (QED) is 0.644. The standard InChI is InChI=1S/C20H15ClF3N3O5/c1-30-19(29)27(13-3-5-14(6-4-13)32-20(22,23)24)18(28)26-10-31-16-9-11-8-12(21)2-7-15(11)17(16)25-26/h2-8,16H,9-10H2,1H3. The molecule has 168 valence electrons. The van der Waals surface area contributed by atoms with Gasteiger partial charge in [-0.25, -0.2) is 9.59 Å². The number of hydrazone groups is 1. The van der Waals surface area contributed by atoms with E-state index in [-0.39, 0.29) is 18.5 Å². The third-order valence-electron chi connectivity index (χ3n) is 4.78. The van der Waals surface area contributed by atoms with Crippen molar-refractivity contribution >= 4 is 35.1 Å². The Morgan fingerprint density at radius 3 is 2.59 bits per heavy atom. The Bertz CT molecular complexity index is 1090. The smallest absolute Gasteiger partial charge is 0.452 e. The number of carbonyl (C=O) groups is 2. The van der Waals surface area contributed by atoms with Gasteiger partial charge in [0.1, 0.15) is 18.6 Å². The van der Waals surface area contributed by atoms with Gasteiger partial charge in [0.25, 0.3) is 0 Å². The molecule has 1 unspecified atom stereocenters. The average Bonchev–Trinajstić information content (AvgIpc) is 3.10. The minimum absolute atomic E-state index is 0.0442. The first-order valence-electron chi connectivity index (χ1n) is 9.20. The van der Waals surface area contributed by atoms with Gasteiger partial charge >= 0.3 is 18.5 Å². The number of halogens is 4. The number of benzene rings is 2. The zero-order valence-electron chi connectivity index (χ0n) is 16.4. The van der Waals surface area contributed by atoms with Gasteiger partial charge in [-0.1, -0.05) is 17.7 Å². The second-order valence-electron chi connectivity index (χ2n) is 6.80. The van der Waals surface area contributed by atoms with Crippen LogP contribution >= 0.6 is 11.6 Å². The van der Waals surface area contributed by atoms with Crippen LogP contribution in [0.25, 0.3) is 0 Å². The highest BCUT2D eigenvalue weighted by Gasteiger charge is 2.38. The molecule has 2 aromatic rings. The number of anilines is 1. The van der Waals surface area contributed by atoms with Crippen molar-refractivity contribution < 1.29 is 37.0 Å². The molecule has 32 heavy (non-hydrogen) atoms. The normalized spacial score (nSPS) is 17.2. The van der Waals surface area contributed by atoms with Gasteiger partial charge in [0.15, 0.2) is 0 Å². The maximum atomic E-state index is 13.1. The van der Waals surface area contributed by atoms with Crippen LogP contribution in [0.2, 0.25) is 5.02 Å². The molecule has 12 heteroatoms. The van der Waals surface area contributed by atoms with E-state index in [4.69, 9.17) is 16.3 Å². The molecule has 0 spiro atoms. The Morgan fingerprint density at radius 1 is 1.22 bits per heavy atom. The van der Waals surface area contributed by atoms with Gasteiger partial charge in [0.05, 0.1) is 18.5 Å². The molecule has 0 radical (unpaired) electrons. The monoisotopic (exact) mass is 469 g/mol. The molecule has 0 saturated heterocycles. The molecule has 0 aromatic heterocycles. The summed E-state index contributed by atoms with van der Waals surface area (Å²) in [4.78, 5) is 26.0. The fourth-order valence-electron chi connectivity index (χ4n) is 3.42. The molecule has 0 N–H and O–H groups in total. The van der Waals surface area contributed by atoms with Crippen molar-refractivity contribution in [2.45, 2.75) is 18.9 Å². The number of hydrogen-bond donors (Lipinski definition) is 0. The Morgan fingerprint density at radius 2 is 1.94 bits per heavy atom. The van der Waals surface area contributed by atoms with Gasteiger partial charge in [-0.2, -0.15) is 15.0 Å². The highest BCUT2D eigenvalue weighted by atomic mass is 35.5. The van der Waals surface area contributed by atoms with E-state index in [1.807, 2.05) is 0 Å². The molecule has 1 aliphatic heterocycles. The molecule has 1 atom stereocenters. The fourth-order valence-corrected chi connectivity index (χ4v) is 3.62. The summed E-state index contributed by atoms with van der Waals surface area (Å²) in [5.74, 6) is -0.510. The molecule has 2 aromatic carbocycles. The Hall–Kier alpha value is -3.31. The summed E-state index contributed by atoms with van der Waals surface area (Å²) in [5, 5.41) is 5.85. The van der Waals surface area contributed by atoms with E-state index >= 15 is 0 Å². The molecule has 0 saturated carbocycles. The Labute approximate surface area is 184 Å². The Balaban J connectivity index is 1.61. The highest BCUT2D eigenvalue weighted by Crippen LogP contribution is 2.31. The minimum atomic E-state index is -4.88. The number of alkyl halides is 3. The summed E-state index contributed by atoms with van der Waals surface area (Å²) >= 11 is 6.03. The zero-order valence-corrected chi connectivity index (χ0v) is 17.2. The number of carbonyl (C=O) groups excluding carboxylic acids is 2. The number of hydrogen-bond acceptors (Lipinski definition) is 6. The lowest BCUT2D eigenvalue weighted by Crippen LogP contribution is -2.48. The molecule has 3 amide bonds. The number of urea groups is 1. The van der Waals surface area contributed by atoms with Gasteiger partial charge in [-0.15, -0.1) is 13.2 Å². The van der Waals surface area contributed by atoms with Crippen molar-refractivity contribution in [1.29, 1.82) is 0 Å². The van der Waals surface area contributed by atoms with Crippen LogP contribution in [0.4, 0.5) is 28.4 Å². The van der Waals surface area contributed by atoms with Crippen LogP contribution in [0.3, 0.4) is 0 Å². The number of nitrogens with zero attached hydrogens (tertiary/aromatic N) is 3. The molecule has 1 heterocycles. The average molecular weight is 470 g/mol. The largest absolute Gasteiger partial charge is 0.573 e. The second-order valence-corrected chi connectivity index (χ2v) is 7.24. The Kier molecular flexibility index (Phi) is 5.70. The minimum Gasteiger partial charge on any atom is -0.452 e. The number of ether oxygens (including phenoxy) is 3. The van der Waals surface area contributed by atoms with E-state index in [1.54, 1.807) is 18.2 Å². The zero-order chi connectivity index (χ0) is 23.0. The van der Waals surface area contributed by atoms with Crippen LogP contribution in [-0.4, -0.2) is 49.2 Å². The molecule has 0 bridgehead atoms. The first-order valence-corrected chi connectivity index (χ1v) is 9.58. The van der Waals surface area contributed by atoms with Crippen molar-refractivity contribution in [3.8, 4) is 5.75 Å². The molecule has 2 aliphatic rings. The summed E-state index contributed by atoms with van der Waals surface area (Å²) in [6.07, 6.45) is -5.75. The second kappa shape index (κ2) is 8.32. The van der Waals surface area contributed by atoms with E-state index in [2.05, 4.69) is 14.6 Å². The molecular weight excluding hydrogens is 455 g/mol. The first kappa shape index (κ1) is 21.9. The third kappa shape index (κ3) is 4.34. The first-order chi connectivity index (χ1) is 15.2. The van der Waals surface area contributed by atoms with E-state index in [9.17, 15) is 22.8 Å². The molecule has 4 rings (SSSR count). The lowest BCUT2D eigenvalue weighted by Gasteiger charge is -2.30. The number of rotatable bonds is 2. The van der Waals surface area contributed by atoms with Crippen LogP contribution in [0, 0.1) is 0 Å². The van der Waals surface area contributed by atoms with Crippen LogP contribution in [0.5, 0.6) is 5.75 Å². The van der Waals surface area contributed by atoms with Gasteiger partial charge in [-0.05, 0) is 42.0 Å². The lowest BCUT2D eigenvalue weighted by molar-refractivity contribution is -0.274. The number of amides is 3. The van der Waals surface area contributed by atoms with E-state index in [0.717, 1.165) is 47.5 Å². The highest BCUT2D eigenvalue weighted by molar-refractivity contribution is 6.31. The number of fused-ring (bicyclic) bond motifs is 3. The summed E-state index contributed by atoms with van der Waals surface area (Å²) in [5.41, 5.74) is 2.16. The molecule has 0 fully saturated rings. The third-order valence-corrected chi connectivity index (χ3v) is 5.01. The lowest BCUT2D eigenvalue weighted by atomic mass is 10.1. The van der Waals surface area contributed by atoms with Gasteiger partial charge < -0.3 is 14.2 Å². The SMILES string of the molecule is COC(=O)N(C(=O)N1COC2Cc3cc(Cl)ccc3C2=N1)c1ccc(OC(F)(F)F)cc1. The summed E-state index contributed by atoms with van der Waals surface area (Å²) in [6, 6.07) is 8.51. The summed E-state index contributed by atoms with van der Waals surface area (Å²) in [7, 11) is 1.06. The predicted molar refractivity (Wildman–Crippen MR) is 107 cm³/mol. The van der Waals surface area contributed by atoms with Crippen molar-refractivity contribution in [2.24, 2.45) is 5.10 Å². The topological polar surface area (TPSA) is 80.7 Å². The van der Waals surface area contributed by atoms with Crippen molar-refractivity contribution in [3.63, 3.8) is 0 Å². The van der Waals surface area contributed by atoms with Crippen molar-refractivity contribution in [1.82, 2.24) is 5.01 Å². The maximum Gasteiger partial charge on any atom is 0.573 e. The van der Waals surface area contributed by atoms with Gasteiger partial charge in [-0.3, -0.25) is 0 Å². The van der Waals surface area contributed by atoms with Crippen LogP contribution in [0.15, 0.2) is 47.6 Å². The number of methoxy groups -OCH3 is 1. The molecule has 8 nitrogen and oxygen atoms in total. The predicted octanol–water partition coefficient (Wildman–Crippen LogP) is 4.55. The van der Waals surface area contributed by atoms with Crippen LogP contribution in [-0.2, 0) is 15.9 Å². The van der Waals surface area contributed by atoms with Gasteiger partial charge in [0, 0.05) is 17.0 Å². The number of imide groups is 1. The van der Waals surface area contributed by atoms with Crippen molar-refractivity contribution in [3.05, 3.63) is 58.6 Å².